The van der Waals surface area contributed by atoms with Crippen molar-refractivity contribution in [3.63, 3.8) is 0 Å². The predicted octanol–water partition coefficient (Wildman–Crippen LogP) is 2.11. The Kier molecular flexibility index (Phi) is 3.54. The Morgan fingerprint density at radius 1 is 1.29 bits per heavy atom. The Morgan fingerprint density at radius 3 is 2.71 bits per heavy atom. The number of hydrogen-bond acceptors (Lipinski definition) is 6. The second-order valence-corrected chi connectivity index (χ2v) is 5.95. The zero-order chi connectivity index (χ0) is 12.3. The molecule has 5 nitrogen and oxygen atoms in total. The summed E-state index contributed by atoms with van der Waals surface area (Å²) in [5.74, 6) is 0.672. The summed E-state index contributed by atoms with van der Waals surface area (Å²) in [6.07, 6.45) is 3.26. The van der Waals surface area contributed by atoms with Gasteiger partial charge in [-0.25, -0.2) is 4.98 Å². The van der Waals surface area contributed by atoms with Crippen LogP contribution in [0.4, 0.5) is 0 Å². The molecule has 0 spiro atoms. The Bertz CT molecular complexity index is 458. The first-order valence-corrected chi connectivity index (χ1v) is 6.28. The van der Waals surface area contributed by atoms with Crippen molar-refractivity contribution in [1.29, 1.82) is 0 Å². The van der Waals surface area contributed by atoms with E-state index in [-0.39, 0.29) is 5.41 Å². The van der Waals surface area contributed by atoms with Gasteiger partial charge in [0.2, 0.25) is 6.39 Å². The molecule has 0 aromatic carbocycles. The molecular formula is C11H16N4OS. The Balaban J connectivity index is 1.85. The Morgan fingerprint density at radius 2 is 2.12 bits per heavy atom. The van der Waals surface area contributed by atoms with Gasteiger partial charge in [0.05, 0.1) is 11.6 Å². The first-order valence-electron chi connectivity index (χ1n) is 5.47. The quantitative estimate of drug-likeness (QED) is 0.903. The van der Waals surface area contributed by atoms with E-state index in [1.165, 1.54) is 11.3 Å². The van der Waals surface area contributed by atoms with E-state index in [1.54, 1.807) is 11.3 Å². The molecule has 0 aliphatic carbocycles. The molecule has 0 amide bonds. The van der Waals surface area contributed by atoms with Crippen LogP contribution >= 0.6 is 11.3 Å². The fraction of sp³-hybridized carbons (Fsp3) is 0.545. The monoisotopic (exact) mass is 252 g/mol. The number of nitrogens with one attached hydrogen (secondary N) is 1. The molecule has 0 aliphatic heterocycles. The maximum Gasteiger partial charge on any atom is 0.213 e. The van der Waals surface area contributed by atoms with Crippen LogP contribution in [0.1, 0.15) is 36.5 Å². The van der Waals surface area contributed by atoms with Gasteiger partial charge in [0, 0.05) is 23.0 Å². The van der Waals surface area contributed by atoms with Gasteiger partial charge in [-0.15, -0.1) is 11.3 Å². The number of thiazole rings is 1. The molecule has 2 heterocycles. The Hall–Kier alpha value is -1.27. The molecule has 0 saturated heterocycles. The molecule has 2 rings (SSSR count). The SMILES string of the molecule is CC(C)(C)c1ncc(CNCc2ncon2)s1. The van der Waals surface area contributed by atoms with Gasteiger partial charge in [0.15, 0.2) is 5.82 Å². The van der Waals surface area contributed by atoms with Crippen molar-refractivity contribution in [1.82, 2.24) is 20.4 Å². The minimum atomic E-state index is 0.122. The molecule has 0 unspecified atom stereocenters. The third kappa shape index (κ3) is 3.34. The van der Waals surface area contributed by atoms with Crippen LogP contribution in [0.2, 0.25) is 0 Å². The lowest BCUT2D eigenvalue weighted by Gasteiger charge is -2.13. The molecule has 1 N–H and O–H groups in total. The normalized spacial score (nSPS) is 11.9. The van der Waals surface area contributed by atoms with E-state index in [0.717, 1.165) is 11.6 Å². The molecular weight excluding hydrogens is 236 g/mol. The van der Waals surface area contributed by atoms with Crippen molar-refractivity contribution < 1.29 is 4.52 Å². The van der Waals surface area contributed by atoms with Gasteiger partial charge in [-0.1, -0.05) is 25.9 Å². The highest BCUT2D eigenvalue weighted by Gasteiger charge is 2.17. The van der Waals surface area contributed by atoms with E-state index in [2.05, 4.69) is 45.7 Å². The minimum Gasteiger partial charge on any atom is -0.343 e. The standard InChI is InChI=1S/C11H16N4OS/c1-11(2,3)10-13-5-8(17-10)4-12-6-9-14-7-16-15-9/h5,7,12H,4,6H2,1-3H3. The third-order valence-electron chi connectivity index (χ3n) is 2.18. The van der Waals surface area contributed by atoms with Crippen LogP contribution in [0, 0.1) is 0 Å². The van der Waals surface area contributed by atoms with Gasteiger partial charge < -0.3 is 9.84 Å². The average molecular weight is 252 g/mol. The van der Waals surface area contributed by atoms with Crippen LogP contribution in [0.25, 0.3) is 0 Å². The molecule has 2 aromatic heterocycles. The highest BCUT2D eigenvalue weighted by Crippen LogP contribution is 2.26. The summed E-state index contributed by atoms with van der Waals surface area (Å²) >= 11 is 1.74. The van der Waals surface area contributed by atoms with E-state index in [4.69, 9.17) is 0 Å². The fourth-order valence-electron chi connectivity index (χ4n) is 1.30. The van der Waals surface area contributed by atoms with Crippen LogP contribution < -0.4 is 5.32 Å². The molecule has 0 bridgehead atoms. The maximum absolute atomic E-state index is 4.66. The molecule has 92 valence electrons. The van der Waals surface area contributed by atoms with Crippen molar-refractivity contribution in [2.24, 2.45) is 0 Å². The number of aromatic nitrogens is 3. The molecule has 17 heavy (non-hydrogen) atoms. The number of rotatable bonds is 4. The summed E-state index contributed by atoms with van der Waals surface area (Å²) in [5, 5.41) is 8.15. The van der Waals surface area contributed by atoms with Crippen molar-refractivity contribution in [2.75, 3.05) is 0 Å². The summed E-state index contributed by atoms with van der Waals surface area (Å²) in [6, 6.07) is 0. The molecule has 0 radical (unpaired) electrons. The lowest BCUT2D eigenvalue weighted by Crippen LogP contribution is -2.12. The molecule has 0 saturated carbocycles. The lowest BCUT2D eigenvalue weighted by molar-refractivity contribution is 0.407. The molecule has 2 aromatic rings. The summed E-state index contributed by atoms with van der Waals surface area (Å²) in [7, 11) is 0. The van der Waals surface area contributed by atoms with E-state index >= 15 is 0 Å². The third-order valence-corrected chi connectivity index (χ3v) is 3.61. The van der Waals surface area contributed by atoms with Gasteiger partial charge in [-0.3, -0.25) is 0 Å². The second-order valence-electron chi connectivity index (χ2n) is 4.83. The van der Waals surface area contributed by atoms with Gasteiger partial charge in [0.1, 0.15) is 0 Å². The molecule has 0 atom stereocenters. The molecule has 0 fully saturated rings. The molecule has 0 aliphatic rings. The summed E-state index contributed by atoms with van der Waals surface area (Å²) in [6.45, 7) is 7.90. The van der Waals surface area contributed by atoms with Crippen LogP contribution in [-0.2, 0) is 18.5 Å². The van der Waals surface area contributed by atoms with Gasteiger partial charge in [-0.05, 0) is 0 Å². The van der Waals surface area contributed by atoms with Crippen molar-refractivity contribution in [3.8, 4) is 0 Å². The summed E-state index contributed by atoms with van der Waals surface area (Å²) in [5.41, 5.74) is 0.122. The fourth-order valence-corrected chi connectivity index (χ4v) is 2.24. The van der Waals surface area contributed by atoms with Crippen LogP contribution in [0.5, 0.6) is 0 Å². The average Bonchev–Trinajstić information content (AvgIpc) is 2.86. The van der Waals surface area contributed by atoms with Gasteiger partial charge >= 0.3 is 0 Å². The minimum absolute atomic E-state index is 0.122. The highest BCUT2D eigenvalue weighted by molar-refractivity contribution is 7.11. The summed E-state index contributed by atoms with van der Waals surface area (Å²) < 4.78 is 4.66. The van der Waals surface area contributed by atoms with E-state index in [1.807, 2.05) is 6.20 Å². The van der Waals surface area contributed by atoms with Crippen molar-refractivity contribution in [2.45, 2.75) is 39.3 Å². The highest BCUT2D eigenvalue weighted by atomic mass is 32.1. The molecule has 6 heteroatoms. The predicted molar refractivity (Wildman–Crippen MR) is 65.7 cm³/mol. The smallest absolute Gasteiger partial charge is 0.213 e. The van der Waals surface area contributed by atoms with Crippen LogP contribution in [0.15, 0.2) is 17.1 Å². The van der Waals surface area contributed by atoms with Crippen LogP contribution in [-0.4, -0.2) is 15.1 Å². The summed E-state index contributed by atoms with van der Waals surface area (Å²) in [4.78, 5) is 9.59. The van der Waals surface area contributed by atoms with Crippen LogP contribution in [0.3, 0.4) is 0 Å². The first kappa shape index (κ1) is 12.2. The topological polar surface area (TPSA) is 63.8 Å². The zero-order valence-corrected chi connectivity index (χ0v) is 11.0. The zero-order valence-electron chi connectivity index (χ0n) is 10.2. The number of nitrogens with zero attached hydrogens (tertiary/aromatic N) is 3. The van der Waals surface area contributed by atoms with E-state index < -0.39 is 0 Å². The van der Waals surface area contributed by atoms with Crippen molar-refractivity contribution >= 4 is 11.3 Å². The van der Waals surface area contributed by atoms with E-state index in [9.17, 15) is 0 Å². The maximum atomic E-state index is 4.66. The largest absolute Gasteiger partial charge is 0.343 e. The van der Waals surface area contributed by atoms with Gasteiger partial charge in [-0.2, -0.15) is 4.98 Å². The lowest BCUT2D eigenvalue weighted by atomic mass is 9.98. The second kappa shape index (κ2) is 4.93. The van der Waals surface area contributed by atoms with E-state index in [0.29, 0.717) is 12.4 Å². The first-order chi connectivity index (χ1) is 8.05. The Labute approximate surface area is 104 Å². The number of hydrogen-bond donors (Lipinski definition) is 1. The van der Waals surface area contributed by atoms with Crippen molar-refractivity contribution in [3.05, 3.63) is 28.3 Å². The van der Waals surface area contributed by atoms with Gasteiger partial charge in [0.25, 0.3) is 0 Å².